The molecule has 1 aliphatic heterocycles. The van der Waals surface area contributed by atoms with E-state index in [-0.39, 0.29) is 43.3 Å². The first-order valence-electron chi connectivity index (χ1n) is 16.7. The summed E-state index contributed by atoms with van der Waals surface area (Å²) in [6, 6.07) is 9.47. The normalized spacial score (nSPS) is 14.6. The molecular weight excluding hydrogens is 686 g/mol. The minimum absolute atomic E-state index is 0.0473. The van der Waals surface area contributed by atoms with E-state index in [0.29, 0.717) is 56.0 Å². The molecule has 16 heteroatoms. The Morgan fingerprint density at radius 2 is 1.73 bits per heavy atom. The number of nitrogens with two attached hydrogens (primary N) is 1. The quantitative estimate of drug-likeness (QED) is 0.0982. The molecule has 0 saturated carbocycles. The minimum Gasteiger partial charge on any atom is -0.497 e. The zero-order chi connectivity index (χ0) is 37.7. The number of halogens is 4. The van der Waals surface area contributed by atoms with Crippen molar-refractivity contribution in [1.29, 1.82) is 0 Å². The van der Waals surface area contributed by atoms with E-state index in [9.17, 15) is 18.0 Å². The number of methoxy groups -OCH3 is 2. The average molecular weight is 732 g/mol. The second kappa shape index (κ2) is 19.1. The van der Waals surface area contributed by atoms with Gasteiger partial charge in [-0.05, 0) is 48.9 Å². The molecule has 1 saturated heterocycles. The molecule has 12 nitrogen and oxygen atoms in total. The molecule has 0 radical (unpaired) electrons. The monoisotopic (exact) mass is 731 g/mol. The lowest BCUT2D eigenvalue weighted by molar-refractivity contribution is -0.138. The van der Waals surface area contributed by atoms with Crippen molar-refractivity contribution in [2.45, 2.75) is 39.7 Å². The second-order valence-electron chi connectivity index (χ2n) is 11.9. The Labute approximate surface area is 300 Å². The fourth-order valence-electron chi connectivity index (χ4n) is 5.32. The molecule has 2 aromatic carbocycles. The number of likely N-dealkylation sites (N-methyl/N-ethyl adjacent to an activating group) is 1. The third-order valence-electron chi connectivity index (χ3n) is 8.35. The highest BCUT2D eigenvalue weighted by atomic mass is 19.4. The van der Waals surface area contributed by atoms with Crippen molar-refractivity contribution in [2.75, 3.05) is 65.5 Å². The van der Waals surface area contributed by atoms with Gasteiger partial charge in [-0.3, -0.25) is 9.89 Å². The first kappa shape index (κ1) is 39.8. The van der Waals surface area contributed by atoms with E-state index in [2.05, 4.69) is 25.5 Å². The van der Waals surface area contributed by atoms with Gasteiger partial charge in [0.2, 0.25) is 5.88 Å². The zero-order valence-electron chi connectivity index (χ0n) is 29.7. The van der Waals surface area contributed by atoms with E-state index in [1.165, 1.54) is 0 Å². The van der Waals surface area contributed by atoms with Gasteiger partial charge in [-0.15, -0.1) is 0 Å². The van der Waals surface area contributed by atoms with Crippen LogP contribution in [0.2, 0.25) is 0 Å². The highest BCUT2D eigenvalue weighted by Gasteiger charge is 2.35. The Bertz CT molecular complexity index is 1700. The maximum absolute atomic E-state index is 15.1. The van der Waals surface area contributed by atoms with Crippen LogP contribution in [0, 0.1) is 5.82 Å². The topological polar surface area (TPSA) is 136 Å². The number of ether oxygens (including phenoxy) is 4. The third-order valence-corrected chi connectivity index (χ3v) is 8.35. The van der Waals surface area contributed by atoms with Crippen LogP contribution in [-0.2, 0) is 30.6 Å². The first-order chi connectivity index (χ1) is 24.9. The van der Waals surface area contributed by atoms with Crippen LogP contribution in [-0.4, -0.2) is 86.7 Å². The van der Waals surface area contributed by atoms with Crippen LogP contribution < -0.4 is 30.6 Å². The molecule has 0 bridgehead atoms. The van der Waals surface area contributed by atoms with Gasteiger partial charge in [-0.2, -0.15) is 13.2 Å². The number of hydrogen-bond donors (Lipinski definition) is 3. The van der Waals surface area contributed by atoms with E-state index in [4.69, 9.17) is 24.7 Å². The zero-order valence-corrected chi connectivity index (χ0v) is 29.7. The standard InChI is InChI=1S/C36H45F4N7O5/c1-5-46-10-12-47(13-11-46)22-26-16-30(37)31(17-29(26)36(38,39)40)44-35(48)45-32(19-41)24(2)42-20-27-21-43-34(18-33(27)51-15-14-49-3)52-23-25-6-8-28(50-4)9-7-25/h6-9,16-19,21H,5,10-15,20,22-23,41H2,1-4H3,(H2,44,45,48)/b32-19+,42-24?. The van der Waals surface area contributed by atoms with E-state index in [0.717, 1.165) is 30.1 Å². The number of carbonyl (C=O) groups is 1. The van der Waals surface area contributed by atoms with Crippen molar-refractivity contribution in [3.63, 3.8) is 0 Å². The lowest BCUT2D eigenvalue weighted by Gasteiger charge is -2.34. The number of allylic oxidation sites excluding steroid dienone is 1. The summed E-state index contributed by atoms with van der Waals surface area (Å²) in [5, 5.41) is 4.61. The van der Waals surface area contributed by atoms with Gasteiger partial charge in [0, 0.05) is 63.9 Å². The number of carbonyl (C=O) groups excluding carboxylic acids is 1. The molecule has 52 heavy (non-hydrogen) atoms. The molecule has 0 unspecified atom stereocenters. The molecule has 2 heterocycles. The predicted octanol–water partition coefficient (Wildman–Crippen LogP) is 5.57. The van der Waals surface area contributed by atoms with Gasteiger partial charge in [-0.25, -0.2) is 14.2 Å². The Morgan fingerprint density at radius 1 is 1.02 bits per heavy atom. The van der Waals surface area contributed by atoms with Crippen LogP contribution in [0.1, 0.15) is 36.1 Å². The van der Waals surface area contributed by atoms with Gasteiger partial charge in [0.25, 0.3) is 0 Å². The van der Waals surface area contributed by atoms with Crippen LogP contribution >= 0.6 is 0 Å². The lowest BCUT2D eigenvalue weighted by Crippen LogP contribution is -2.45. The fourth-order valence-corrected chi connectivity index (χ4v) is 5.32. The molecule has 4 N–H and O–H groups in total. The van der Waals surface area contributed by atoms with Gasteiger partial charge in [0.1, 0.15) is 30.5 Å². The summed E-state index contributed by atoms with van der Waals surface area (Å²) in [4.78, 5) is 25.8. The molecular formula is C36H45F4N7O5. The van der Waals surface area contributed by atoms with Crippen molar-refractivity contribution >= 4 is 17.4 Å². The number of nitrogens with one attached hydrogen (secondary N) is 2. The maximum Gasteiger partial charge on any atom is 0.416 e. The summed E-state index contributed by atoms with van der Waals surface area (Å²) in [5.41, 5.74) is 5.71. The van der Waals surface area contributed by atoms with E-state index in [1.54, 1.807) is 33.4 Å². The van der Waals surface area contributed by atoms with Crippen molar-refractivity contribution < 1.29 is 41.3 Å². The lowest BCUT2D eigenvalue weighted by atomic mass is 10.0. The summed E-state index contributed by atoms with van der Waals surface area (Å²) < 4.78 is 79.4. The number of nitrogens with zero attached hydrogens (tertiary/aromatic N) is 4. The molecule has 0 atom stereocenters. The number of anilines is 1. The van der Waals surface area contributed by atoms with Crippen molar-refractivity contribution in [3.8, 4) is 17.4 Å². The molecule has 1 aliphatic rings. The highest BCUT2D eigenvalue weighted by Crippen LogP contribution is 2.36. The molecule has 1 aromatic heterocycles. The number of piperazine rings is 1. The van der Waals surface area contributed by atoms with Crippen molar-refractivity contribution in [3.05, 3.63) is 88.6 Å². The maximum atomic E-state index is 15.1. The largest absolute Gasteiger partial charge is 0.497 e. The number of urea groups is 1. The second-order valence-corrected chi connectivity index (χ2v) is 11.9. The highest BCUT2D eigenvalue weighted by molar-refractivity contribution is 6.03. The number of alkyl halides is 3. The first-order valence-corrected chi connectivity index (χ1v) is 16.7. The van der Waals surface area contributed by atoms with Crippen LogP contribution in [0.5, 0.6) is 17.4 Å². The molecule has 2 amide bonds. The summed E-state index contributed by atoms with van der Waals surface area (Å²) in [6.07, 6.45) is -2.15. The van der Waals surface area contributed by atoms with Crippen molar-refractivity contribution in [2.24, 2.45) is 10.7 Å². The Hall–Kier alpha value is -4.93. The number of rotatable bonds is 16. The molecule has 282 valence electrons. The predicted molar refractivity (Wildman–Crippen MR) is 189 cm³/mol. The summed E-state index contributed by atoms with van der Waals surface area (Å²) >= 11 is 0. The SMILES string of the molecule is CCN1CCN(Cc2cc(F)c(NC(=O)N/C(=C/N)C(C)=NCc3cnc(OCc4ccc(OC)cc4)cc3OCCOC)cc2C(F)(F)F)CC1. The summed E-state index contributed by atoms with van der Waals surface area (Å²) in [7, 11) is 3.14. The average Bonchev–Trinajstić information content (AvgIpc) is 3.13. The van der Waals surface area contributed by atoms with Gasteiger partial charge >= 0.3 is 12.2 Å². The van der Waals surface area contributed by atoms with Gasteiger partial charge in [0.15, 0.2) is 0 Å². The summed E-state index contributed by atoms with van der Waals surface area (Å²) in [5.74, 6) is 0.487. The van der Waals surface area contributed by atoms with Crippen LogP contribution in [0.3, 0.4) is 0 Å². The Balaban J connectivity index is 1.42. The number of aromatic nitrogens is 1. The van der Waals surface area contributed by atoms with Crippen LogP contribution in [0.4, 0.5) is 28.0 Å². The van der Waals surface area contributed by atoms with E-state index in [1.807, 2.05) is 36.1 Å². The number of amides is 2. The number of hydrogen-bond acceptors (Lipinski definition) is 10. The van der Waals surface area contributed by atoms with E-state index < -0.39 is 29.3 Å². The van der Waals surface area contributed by atoms with Gasteiger partial charge in [0.05, 0.1) is 42.9 Å². The molecule has 4 rings (SSSR count). The fraction of sp³-hybridized carbons (Fsp3) is 0.417. The minimum atomic E-state index is -4.77. The molecule has 0 spiro atoms. The van der Waals surface area contributed by atoms with Crippen molar-refractivity contribution in [1.82, 2.24) is 20.1 Å². The Kier molecular flexibility index (Phi) is 14.6. The van der Waals surface area contributed by atoms with Crippen LogP contribution in [0.25, 0.3) is 0 Å². The third kappa shape index (κ3) is 11.5. The van der Waals surface area contributed by atoms with E-state index >= 15 is 4.39 Å². The molecule has 3 aromatic rings. The number of aliphatic imine (C=N–C) groups is 1. The number of pyridine rings is 1. The van der Waals surface area contributed by atoms with Gasteiger partial charge in [-0.1, -0.05) is 19.1 Å². The van der Waals surface area contributed by atoms with Crippen LogP contribution in [0.15, 0.2) is 65.6 Å². The molecule has 1 fully saturated rings. The molecule has 0 aliphatic carbocycles. The smallest absolute Gasteiger partial charge is 0.416 e. The Morgan fingerprint density at radius 3 is 2.37 bits per heavy atom. The van der Waals surface area contributed by atoms with Gasteiger partial charge < -0.3 is 40.2 Å². The number of benzene rings is 2. The summed E-state index contributed by atoms with van der Waals surface area (Å²) in [6.45, 7) is 7.81.